The molecule has 1 fully saturated rings. The van der Waals surface area contributed by atoms with Gasteiger partial charge in [-0.25, -0.2) is 4.89 Å². The minimum absolute atomic E-state index is 0.0526. The van der Waals surface area contributed by atoms with Gasteiger partial charge in [0.15, 0.2) is 5.60 Å². The van der Waals surface area contributed by atoms with Crippen LogP contribution in [0, 0.1) is 5.92 Å². The molecule has 0 aliphatic carbocycles. The Morgan fingerprint density at radius 3 is 2.00 bits per heavy atom. The summed E-state index contributed by atoms with van der Waals surface area (Å²) in [6, 6.07) is 18.5. The van der Waals surface area contributed by atoms with E-state index in [9.17, 15) is 19.5 Å². The van der Waals surface area contributed by atoms with E-state index in [2.05, 4.69) is 0 Å². The van der Waals surface area contributed by atoms with Crippen molar-refractivity contribution in [3.8, 4) is 0 Å². The van der Waals surface area contributed by atoms with Crippen molar-refractivity contribution < 1.29 is 38.7 Å². The van der Waals surface area contributed by atoms with Crippen LogP contribution in [-0.2, 0) is 39.2 Å². The summed E-state index contributed by atoms with van der Waals surface area (Å²) in [4.78, 5) is 46.4. The second-order valence-electron chi connectivity index (χ2n) is 7.80. The number of aliphatic hydroxyl groups is 1. The maximum Gasteiger partial charge on any atom is 0.314 e. The van der Waals surface area contributed by atoms with Gasteiger partial charge >= 0.3 is 11.9 Å². The minimum Gasteiger partial charge on any atom is -0.462 e. The maximum atomic E-state index is 12.9. The van der Waals surface area contributed by atoms with Crippen LogP contribution in [0.2, 0.25) is 0 Å². The number of carbonyl (C=O) groups excluding carboxylic acids is 3. The highest BCUT2D eigenvalue weighted by Gasteiger charge is 2.54. The molecule has 1 saturated heterocycles. The number of Topliss-reactive ketones (excluding diaryl/α,β-unsaturated/α-hetero) is 1. The lowest BCUT2D eigenvalue weighted by Crippen LogP contribution is -2.53. The molecule has 0 amide bonds. The van der Waals surface area contributed by atoms with Crippen LogP contribution in [0.15, 0.2) is 60.7 Å². The third-order valence-electron chi connectivity index (χ3n) is 5.24. The van der Waals surface area contributed by atoms with Crippen molar-refractivity contribution in [1.29, 1.82) is 0 Å². The van der Waals surface area contributed by atoms with Crippen molar-refractivity contribution in [3.05, 3.63) is 71.8 Å². The average molecular weight is 442 g/mol. The van der Waals surface area contributed by atoms with E-state index in [4.69, 9.17) is 19.2 Å². The fraction of sp³-hybridized carbons (Fsp3) is 0.375. The predicted octanol–water partition coefficient (Wildman–Crippen LogP) is 2.67. The molecule has 1 heterocycles. The number of ether oxygens (including phenoxy) is 2. The Kier molecular flexibility index (Phi) is 7.40. The first-order valence-corrected chi connectivity index (χ1v) is 10.3. The van der Waals surface area contributed by atoms with E-state index < -0.39 is 29.2 Å². The third-order valence-corrected chi connectivity index (χ3v) is 5.24. The first-order chi connectivity index (χ1) is 15.2. The Labute approximate surface area is 186 Å². The minimum atomic E-state index is -1.94. The molecule has 1 N–H and O–H groups in total. The molecule has 170 valence electrons. The average Bonchev–Trinajstić information content (AvgIpc) is 2.77. The standard InChI is InChI=1S/C24H26O8/c1-17(25)15-21(26)29-13-14-30-22(27)20-16-24(32-31-23(20,2)28,18-9-5-3-6-10-18)19-11-7-4-8-12-19/h3-12,20,28H,13-16H2,1-2H3. The Bertz CT molecular complexity index is 899. The van der Waals surface area contributed by atoms with Gasteiger partial charge in [-0.2, -0.15) is 4.89 Å². The highest BCUT2D eigenvalue weighted by atomic mass is 17.2. The molecule has 2 aromatic carbocycles. The van der Waals surface area contributed by atoms with Gasteiger partial charge in [-0.15, -0.1) is 0 Å². The molecule has 2 unspecified atom stereocenters. The van der Waals surface area contributed by atoms with Crippen LogP contribution in [0.5, 0.6) is 0 Å². The SMILES string of the molecule is CC(=O)CC(=O)OCCOC(=O)C1CC(c2ccccc2)(c2ccccc2)OOC1(C)O. The molecule has 32 heavy (non-hydrogen) atoms. The topological polar surface area (TPSA) is 108 Å². The van der Waals surface area contributed by atoms with Gasteiger partial charge in [-0.1, -0.05) is 60.7 Å². The second-order valence-corrected chi connectivity index (χ2v) is 7.80. The van der Waals surface area contributed by atoms with Crippen LogP contribution in [0.25, 0.3) is 0 Å². The number of esters is 2. The number of ketones is 1. The summed E-state index contributed by atoms with van der Waals surface area (Å²) in [6.45, 7) is 2.18. The first kappa shape index (κ1) is 23.6. The van der Waals surface area contributed by atoms with Gasteiger partial charge in [0.25, 0.3) is 0 Å². The zero-order valence-electron chi connectivity index (χ0n) is 18.0. The van der Waals surface area contributed by atoms with Crippen LogP contribution in [0.4, 0.5) is 0 Å². The number of benzene rings is 2. The van der Waals surface area contributed by atoms with E-state index in [1.165, 1.54) is 13.8 Å². The van der Waals surface area contributed by atoms with Crippen molar-refractivity contribution in [2.45, 2.75) is 38.1 Å². The van der Waals surface area contributed by atoms with Crippen molar-refractivity contribution in [2.24, 2.45) is 5.92 Å². The van der Waals surface area contributed by atoms with Gasteiger partial charge in [0.2, 0.25) is 5.79 Å². The molecule has 2 atom stereocenters. The van der Waals surface area contributed by atoms with Crippen LogP contribution < -0.4 is 0 Å². The van der Waals surface area contributed by atoms with Crippen molar-refractivity contribution >= 4 is 17.7 Å². The van der Waals surface area contributed by atoms with E-state index in [1.807, 2.05) is 60.7 Å². The molecule has 0 radical (unpaired) electrons. The molecule has 2 aromatic rings. The van der Waals surface area contributed by atoms with Crippen LogP contribution in [0.3, 0.4) is 0 Å². The molecular weight excluding hydrogens is 416 g/mol. The van der Waals surface area contributed by atoms with E-state index >= 15 is 0 Å². The second kappa shape index (κ2) is 10.0. The number of hydrogen-bond donors (Lipinski definition) is 1. The molecule has 3 rings (SSSR count). The van der Waals surface area contributed by atoms with Gasteiger partial charge in [-0.05, 0) is 25.0 Å². The van der Waals surface area contributed by atoms with Gasteiger partial charge in [0, 0.05) is 6.42 Å². The molecule has 8 nitrogen and oxygen atoms in total. The van der Waals surface area contributed by atoms with Gasteiger partial charge in [0.1, 0.15) is 31.3 Å². The zero-order chi connectivity index (χ0) is 23.2. The largest absolute Gasteiger partial charge is 0.462 e. The number of hydrogen-bond acceptors (Lipinski definition) is 8. The Balaban J connectivity index is 1.77. The highest BCUT2D eigenvalue weighted by molar-refractivity contribution is 5.94. The Morgan fingerprint density at radius 2 is 1.47 bits per heavy atom. The van der Waals surface area contributed by atoms with Crippen LogP contribution in [-0.4, -0.2) is 41.8 Å². The predicted molar refractivity (Wildman–Crippen MR) is 112 cm³/mol. The zero-order valence-corrected chi connectivity index (χ0v) is 18.0. The lowest BCUT2D eigenvalue weighted by atomic mass is 9.76. The molecule has 0 saturated carbocycles. The highest BCUT2D eigenvalue weighted by Crippen LogP contribution is 2.47. The molecule has 1 aliphatic heterocycles. The van der Waals surface area contributed by atoms with Crippen molar-refractivity contribution in [1.82, 2.24) is 0 Å². The van der Waals surface area contributed by atoms with E-state index in [0.717, 1.165) is 11.1 Å². The summed E-state index contributed by atoms with van der Waals surface area (Å²) in [6.07, 6.45) is -0.288. The number of rotatable bonds is 8. The van der Waals surface area contributed by atoms with Crippen LogP contribution >= 0.6 is 0 Å². The van der Waals surface area contributed by atoms with Crippen molar-refractivity contribution in [2.75, 3.05) is 13.2 Å². The van der Waals surface area contributed by atoms with Gasteiger partial charge < -0.3 is 14.6 Å². The first-order valence-electron chi connectivity index (χ1n) is 10.3. The smallest absolute Gasteiger partial charge is 0.314 e. The van der Waals surface area contributed by atoms with Crippen LogP contribution in [0.1, 0.15) is 37.8 Å². The Morgan fingerprint density at radius 1 is 0.938 bits per heavy atom. The summed E-state index contributed by atoms with van der Waals surface area (Å²) >= 11 is 0. The van der Waals surface area contributed by atoms with E-state index in [1.54, 1.807) is 0 Å². The van der Waals surface area contributed by atoms with Crippen molar-refractivity contribution in [3.63, 3.8) is 0 Å². The van der Waals surface area contributed by atoms with E-state index in [-0.39, 0.29) is 31.8 Å². The Hall–Kier alpha value is -3.07. The summed E-state index contributed by atoms with van der Waals surface area (Å²) in [5, 5.41) is 10.7. The normalized spacial score (nSPS) is 22.0. The summed E-state index contributed by atoms with van der Waals surface area (Å²) in [5.74, 6) is -4.76. The van der Waals surface area contributed by atoms with E-state index in [0.29, 0.717) is 0 Å². The molecule has 1 aliphatic rings. The third kappa shape index (κ3) is 5.40. The monoisotopic (exact) mass is 442 g/mol. The maximum absolute atomic E-state index is 12.9. The van der Waals surface area contributed by atoms with Gasteiger partial charge in [0.05, 0.1) is 0 Å². The lowest BCUT2D eigenvalue weighted by molar-refractivity contribution is -0.489. The molecule has 0 spiro atoms. The summed E-state index contributed by atoms with van der Waals surface area (Å²) in [7, 11) is 0. The fourth-order valence-electron chi connectivity index (χ4n) is 3.59. The number of carbonyl (C=O) groups is 3. The summed E-state index contributed by atoms with van der Waals surface area (Å²) in [5.41, 5.74) is 0.345. The molecular formula is C24H26O8. The molecule has 8 heteroatoms. The molecule has 0 aromatic heterocycles. The molecule has 0 bridgehead atoms. The summed E-state index contributed by atoms with van der Waals surface area (Å²) < 4.78 is 10.1. The quantitative estimate of drug-likeness (QED) is 0.288. The fourth-order valence-corrected chi connectivity index (χ4v) is 3.59. The lowest BCUT2D eigenvalue weighted by Gasteiger charge is -2.45. The van der Waals surface area contributed by atoms with Gasteiger partial charge in [-0.3, -0.25) is 14.4 Å².